The lowest BCUT2D eigenvalue weighted by atomic mass is 9.74. The third-order valence-corrected chi connectivity index (χ3v) is 5.59. The summed E-state index contributed by atoms with van der Waals surface area (Å²) >= 11 is 0. The van der Waals surface area contributed by atoms with Crippen LogP contribution in [-0.2, 0) is 4.79 Å². The van der Waals surface area contributed by atoms with Crippen LogP contribution < -0.4 is 4.74 Å². The lowest BCUT2D eigenvalue weighted by molar-refractivity contribution is -0.137. The van der Waals surface area contributed by atoms with Gasteiger partial charge in [0.2, 0.25) is 0 Å². The molecule has 3 nitrogen and oxygen atoms in total. The highest BCUT2D eigenvalue weighted by atomic mass is 16.5. The second kappa shape index (κ2) is 7.78. The number of carboxylic acid groups (broad SMARTS) is 1. The number of rotatable bonds is 6. The largest absolute Gasteiger partial charge is 0.489 e. The van der Waals surface area contributed by atoms with Gasteiger partial charge in [-0.3, -0.25) is 4.79 Å². The van der Waals surface area contributed by atoms with E-state index in [2.05, 4.69) is 12.0 Å². The Balaban J connectivity index is 1.56. The molecule has 3 heteroatoms. The molecule has 0 bridgehead atoms. The Bertz CT molecular complexity index is 672. The van der Waals surface area contributed by atoms with Crippen molar-refractivity contribution in [3.8, 4) is 18.1 Å². The zero-order chi connectivity index (χ0) is 17.7. The van der Waals surface area contributed by atoms with E-state index in [1.807, 2.05) is 24.3 Å². The molecule has 1 aromatic rings. The Kier molecular flexibility index (Phi) is 5.48. The molecule has 0 aromatic heterocycles. The minimum atomic E-state index is -0.881. The van der Waals surface area contributed by atoms with Crippen molar-refractivity contribution in [1.82, 2.24) is 0 Å². The molecule has 1 atom stereocenters. The molecule has 132 valence electrons. The van der Waals surface area contributed by atoms with Crippen molar-refractivity contribution < 1.29 is 14.6 Å². The van der Waals surface area contributed by atoms with E-state index in [9.17, 15) is 4.79 Å². The Morgan fingerprint density at radius 2 is 1.92 bits per heavy atom. The van der Waals surface area contributed by atoms with Crippen molar-refractivity contribution in [2.45, 2.75) is 57.3 Å². The van der Waals surface area contributed by atoms with E-state index in [0.29, 0.717) is 12.0 Å². The number of hydrogen-bond donors (Lipinski definition) is 1. The van der Waals surface area contributed by atoms with Crippen LogP contribution in [0.1, 0.15) is 62.8 Å². The predicted molar refractivity (Wildman–Crippen MR) is 98.6 cm³/mol. The Hall–Kier alpha value is -2.21. The number of benzene rings is 1. The van der Waals surface area contributed by atoms with Crippen molar-refractivity contribution in [3.63, 3.8) is 0 Å². The zero-order valence-electron chi connectivity index (χ0n) is 14.7. The number of carbonyl (C=O) groups is 1. The molecule has 1 spiro atoms. The van der Waals surface area contributed by atoms with Crippen LogP contribution >= 0.6 is 0 Å². The molecule has 25 heavy (non-hydrogen) atoms. The van der Waals surface area contributed by atoms with Gasteiger partial charge in [0.1, 0.15) is 12.4 Å². The standard InChI is InChI=1S/C22H26O3/c1-2-18(14-21(23)24)19-6-8-20(9-7-19)25-16-17-10-13-22(15-17)11-4-3-5-12-22/h1,6-9,15,18H,3-5,10-14,16H2,(H,23,24)/t18-/m0/s1. The molecule has 1 saturated carbocycles. The van der Waals surface area contributed by atoms with Crippen LogP contribution in [0.5, 0.6) is 5.75 Å². The number of hydrogen-bond acceptors (Lipinski definition) is 2. The van der Waals surface area contributed by atoms with Crippen LogP contribution in [0.3, 0.4) is 0 Å². The first-order valence-corrected chi connectivity index (χ1v) is 9.21. The normalized spacial score (nSPS) is 19.9. The second-order valence-electron chi connectivity index (χ2n) is 7.40. The van der Waals surface area contributed by atoms with Gasteiger partial charge >= 0.3 is 5.97 Å². The molecule has 0 saturated heterocycles. The summed E-state index contributed by atoms with van der Waals surface area (Å²) in [6.45, 7) is 0.648. The Labute approximate surface area is 150 Å². The van der Waals surface area contributed by atoms with Gasteiger partial charge < -0.3 is 9.84 Å². The molecule has 1 N–H and O–H groups in total. The van der Waals surface area contributed by atoms with E-state index in [-0.39, 0.29) is 6.42 Å². The first-order chi connectivity index (χ1) is 12.1. The van der Waals surface area contributed by atoms with Crippen molar-refractivity contribution >= 4 is 5.97 Å². The summed E-state index contributed by atoms with van der Waals surface area (Å²) in [4.78, 5) is 10.9. The van der Waals surface area contributed by atoms with Crippen LogP contribution in [0.2, 0.25) is 0 Å². The lowest BCUT2D eigenvalue weighted by Crippen LogP contribution is -2.18. The zero-order valence-corrected chi connectivity index (χ0v) is 14.7. The summed E-state index contributed by atoms with van der Waals surface area (Å²) in [6, 6.07) is 7.50. The molecule has 2 aliphatic carbocycles. The van der Waals surface area contributed by atoms with Gasteiger partial charge in [0, 0.05) is 0 Å². The summed E-state index contributed by atoms with van der Waals surface area (Å²) < 4.78 is 5.94. The number of terminal acetylenes is 1. The third kappa shape index (κ3) is 4.45. The van der Waals surface area contributed by atoms with Gasteiger partial charge in [-0.2, -0.15) is 0 Å². The molecule has 3 rings (SSSR count). The molecular weight excluding hydrogens is 312 g/mol. The maximum atomic E-state index is 10.9. The predicted octanol–water partition coefficient (Wildman–Crippen LogP) is 4.93. The van der Waals surface area contributed by atoms with Gasteiger partial charge in [-0.15, -0.1) is 6.42 Å². The van der Waals surface area contributed by atoms with Crippen molar-refractivity contribution in [3.05, 3.63) is 41.5 Å². The van der Waals surface area contributed by atoms with Gasteiger partial charge in [0.25, 0.3) is 0 Å². The molecule has 0 radical (unpaired) electrons. The highest BCUT2D eigenvalue weighted by molar-refractivity contribution is 5.68. The van der Waals surface area contributed by atoms with Crippen molar-refractivity contribution in [2.75, 3.05) is 6.61 Å². The number of allylic oxidation sites excluding steroid dienone is 1. The quantitative estimate of drug-likeness (QED) is 0.591. The second-order valence-corrected chi connectivity index (χ2v) is 7.40. The number of ether oxygens (including phenoxy) is 1. The van der Waals surface area contributed by atoms with E-state index >= 15 is 0 Å². The molecule has 0 aliphatic heterocycles. The van der Waals surface area contributed by atoms with E-state index in [1.165, 1.54) is 44.1 Å². The highest BCUT2D eigenvalue weighted by Crippen LogP contribution is 2.47. The lowest BCUT2D eigenvalue weighted by Gasteiger charge is -2.31. The van der Waals surface area contributed by atoms with Crippen molar-refractivity contribution in [2.24, 2.45) is 5.41 Å². The van der Waals surface area contributed by atoms with Gasteiger partial charge in [-0.05, 0) is 54.4 Å². The van der Waals surface area contributed by atoms with Gasteiger partial charge in [-0.1, -0.05) is 43.4 Å². The molecule has 0 heterocycles. The number of aliphatic carboxylic acids is 1. The summed E-state index contributed by atoms with van der Waals surface area (Å²) in [6.07, 6.45) is 17.1. The van der Waals surface area contributed by atoms with Crippen LogP contribution in [0.25, 0.3) is 0 Å². The minimum Gasteiger partial charge on any atom is -0.489 e. The van der Waals surface area contributed by atoms with E-state index < -0.39 is 11.9 Å². The molecular formula is C22H26O3. The van der Waals surface area contributed by atoms with Crippen LogP contribution in [0, 0.1) is 17.8 Å². The summed E-state index contributed by atoms with van der Waals surface area (Å²) in [7, 11) is 0. The minimum absolute atomic E-state index is 0.0499. The molecule has 1 fully saturated rings. The van der Waals surface area contributed by atoms with E-state index in [1.54, 1.807) is 0 Å². The van der Waals surface area contributed by atoms with Crippen LogP contribution in [0.15, 0.2) is 35.9 Å². The summed E-state index contributed by atoms with van der Waals surface area (Å²) in [5, 5.41) is 8.91. The fourth-order valence-corrected chi connectivity index (χ4v) is 4.17. The number of carboxylic acids is 1. The van der Waals surface area contributed by atoms with Gasteiger partial charge in [0.15, 0.2) is 0 Å². The highest BCUT2D eigenvalue weighted by Gasteiger charge is 2.34. The van der Waals surface area contributed by atoms with Gasteiger partial charge in [0.05, 0.1) is 12.3 Å². The van der Waals surface area contributed by atoms with Crippen LogP contribution in [0.4, 0.5) is 0 Å². The first-order valence-electron chi connectivity index (χ1n) is 9.21. The molecule has 2 aliphatic rings. The average Bonchev–Trinajstić information content (AvgIpc) is 3.01. The van der Waals surface area contributed by atoms with E-state index in [4.69, 9.17) is 16.3 Å². The fourth-order valence-electron chi connectivity index (χ4n) is 4.17. The monoisotopic (exact) mass is 338 g/mol. The SMILES string of the molecule is C#C[C@@H](CC(=O)O)c1ccc(OCC2=CC3(CCCCC3)CC2)cc1. The molecule has 1 aromatic carbocycles. The topological polar surface area (TPSA) is 46.5 Å². The maximum absolute atomic E-state index is 10.9. The molecule has 0 amide bonds. The summed E-state index contributed by atoms with van der Waals surface area (Å²) in [5.41, 5.74) is 2.72. The molecule has 0 unspecified atom stereocenters. The Morgan fingerprint density at radius 1 is 1.20 bits per heavy atom. The van der Waals surface area contributed by atoms with Gasteiger partial charge in [-0.25, -0.2) is 0 Å². The Morgan fingerprint density at radius 3 is 2.56 bits per heavy atom. The maximum Gasteiger partial charge on any atom is 0.304 e. The fraction of sp³-hybridized carbons (Fsp3) is 0.500. The first kappa shape index (κ1) is 17.6. The smallest absolute Gasteiger partial charge is 0.304 e. The van der Waals surface area contributed by atoms with Crippen LogP contribution in [-0.4, -0.2) is 17.7 Å². The summed E-state index contributed by atoms with van der Waals surface area (Å²) in [5.74, 6) is 2.08. The average molecular weight is 338 g/mol. The van der Waals surface area contributed by atoms with E-state index in [0.717, 1.165) is 17.7 Å². The third-order valence-electron chi connectivity index (χ3n) is 5.59. The van der Waals surface area contributed by atoms with Crippen molar-refractivity contribution in [1.29, 1.82) is 0 Å².